The number of nitrogens with zero attached hydrogens (tertiary/aromatic N) is 1. The second-order valence-electron chi connectivity index (χ2n) is 3.16. The molecule has 0 amide bonds. The van der Waals surface area contributed by atoms with Crippen LogP contribution in [0.25, 0.3) is 11.3 Å². The molecule has 0 atom stereocenters. The zero-order valence-corrected chi connectivity index (χ0v) is 8.18. The van der Waals surface area contributed by atoms with Crippen LogP contribution in [-0.2, 0) is 0 Å². The summed E-state index contributed by atoms with van der Waals surface area (Å²) >= 11 is 0. The van der Waals surface area contributed by atoms with E-state index >= 15 is 0 Å². The molecule has 0 saturated carbocycles. The van der Waals surface area contributed by atoms with Crippen LogP contribution in [0.4, 0.5) is 0 Å². The fourth-order valence-electron chi connectivity index (χ4n) is 1.33. The van der Waals surface area contributed by atoms with E-state index in [4.69, 9.17) is 5.11 Å². The van der Waals surface area contributed by atoms with Crippen LogP contribution < -0.4 is 5.56 Å². The summed E-state index contributed by atoms with van der Waals surface area (Å²) in [6, 6.07) is 6.34. The molecular weight excluding hydrogens is 208 g/mol. The molecule has 5 nitrogen and oxygen atoms in total. The Morgan fingerprint density at radius 3 is 2.69 bits per heavy atom. The smallest absolute Gasteiger partial charge is 0.341 e. The van der Waals surface area contributed by atoms with Crippen LogP contribution in [0.5, 0.6) is 0 Å². The molecule has 0 radical (unpaired) electrons. The van der Waals surface area contributed by atoms with E-state index < -0.39 is 11.5 Å². The Morgan fingerprint density at radius 1 is 1.31 bits per heavy atom. The van der Waals surface area contributed by atoms with Crippen molar-refractivity contribution in [3.8, 4) is 11.3 Å². The van der Waals surface area contributed by atoms with Crippen molar-refractivity contribution in [3.05, 3.63) is 52.6 Å². The average molecular weight is 216 g/mol. The molecule has 80 valence electrons. The molecular formula is C11H8N2O3. The molecule has 5 heteroatoms. The maximum atomic E-state index is 11.4. The number of nitrogens with one attached hydrogen (secondary N) is 1. The number of carboxylic acids is 1. The van der Waals surface area contributed by atoms with Gasteiger partial charge in [-0.2, -0.15) is 0 Å². The fraction of sp³-hybridized carbons (Fsp3) is 0. The van der Waals surface area contributed by atoms with E-state index in [1.165, 1.54) is 6.07 Å². The zero-order valence-electron chi connectivity index (χ0n) is 8.18. The highest BCUT2D eigenvalue weighted by Gasteiger charge is 2.08. The van der Waals surface area contributed by atoms with Crippen LogP contribution in [0.15, 0.2) is 41.5 Å². The number of carbonyl (C=O) groups is 1. The Hall–Kier alpha value is -2.43. The van der Waals surface area contributed by atoms with Crippen LogP contribution in [0.3, 0.4) is 0 Å². The maximum Gasteiger partial charge on any atom is 0.341 e. The highest BCUT2D eigenvalue weighted by molar-refractivity contribution is 5.87. The third-order valence-electron chi connectivity index (χ3n) is 2.11. The lowest BCUT2D eigenvalue weighted by Crippen LogP contribution is -2.17. The zero-order chi connectivity index (χ0) is 11.5. The van der Waals surface area contributed by atoms with Crippen molar-refractivity contribution in [2.24, 2.45) is 0 Å². The van der Waals surface area contributed by atoms with Gasteiger partial charge in [0.1, 0.15) is 5.56 Å². The summed E-state index contributed by atoms with van der Waals surface area (Å²) in [7, 11) is 0. The molecule has 0 fully saturated rings. The van der Waals surface area contributed by atoms with Gasteiger partial charge in [0.25, 0.3) is 5.56 Å². The first-order chi connectivity index (χ1) is 7.68. The average Bonchev–Trinajstić information content (AvgIpc) is 2.29. The Kier molecular flexibility index (Phi) is 2.51. The number of hydrogen-bond acceptors (Lipinski definition) is 3. The lowest BCUT2D eigenvalue weighted by Gasteiger charge is -2.00. The molecule has 0 bridgehead atoms. The molecule has 2 aromatic heterocycles. The number of aromatic amines is 1. The van der Waals surface area contributed by atoms with Crippen molar-refractivity contribution < 1.29 is 9.90 Å². The Labute approximate surface area is 90.4 Å². The third-order valence-corrected chi connectivity index (χ3v) is 2.11. The maximum absolute atomic E-state index is 11.4. The van der Waals surface area contributed by atoms with Gasteiger partial charge in [0.2, 0.25) is 0 Å². The van der Waals surface area contributed by atoms with Crippen molar-refractivity contribution >= 4 is 5.97 Å². The molecule has 2 N–H and O–H groups in total. The predicted octanol–water partition coefficient (Wildman–Crippen LogP) is 1.14. The summed E-state index contributed by atoms with van der Waals surface area (Å²) in [4.78, 5) is 28.4. The van der Waals surface area contributed by atoms with Crippen molar-refractivity contribution in [2.45, 2.75) is 0 Å². The number of aromatic nitrogens is 2. The number of aromatic carboxylic acids is 1. The third kappa shape index (κ3) is 1.83. The Balaban J connectivity index is 2.51. The van der Waals surface area contributed by atoms with Gasteiger partial charge in [-0.1, -0.05) is 0 Å². The van der Waals surface area contributed by atoms with Gasteiger partial charge in [-0.3, -0.25) is 9.78 Å². The van der Waals surface area contributed by atoms with E-state index in [0.717, 1.165) is 5.56 Å². The number of hydrogen-bond donors (Lipinski definition) is 2. The fourth-order valence-corrected chi connectivity index (χ4v) is 1.33. The predicted molar refractivity (Wildman–Crippen MR) is 57.3 cm³/mol. The first-order valence-electron chi connectivity index (χ1n) is 4.55. The Bertz CT molecular complexity index is 575. The monoisotopic (exact) mass is 216 g/mol. The molecule has 0 aliphatic carbocycles. The minimum atomic E-state index is -1.24. The van der Waals surface area contributed by atoms with Gasteiger partial charge in [0, 0.05) is 23.7 Å². The quantitative estimate of drug-likeness (QED) is 0.788. The molecule has 2 rings (SSSR count). The second kappa shape index (κ2) is 3.98. The summed E-state index contributed by atoms with van der Waals surface area (Å²) < 4.78 is 0. The Morgan fingerprint density at radius 2 is 2.12 bits per heavy atom. The minimum Gasteiger partial charge on any atom is -0.477 e. The number of rotatable bonds is 2. The topological polar surface area (TPSA) is 83.0 Å². The molecule has 2 aromatic rings. The van der Waals surface area contributed by atoms with E-state index in [2.05, 4.69) is 9.97 Å². The largest absolute Gasteiger partial charge is 0.477 e. The first-order valence-corrected chi connectivity index (χ1v) is 4.55. The van der Waals surface area contributed by atoms with Crippen molar-refractivity contribution in [1.82, 2.24) is 9.97 Å². The molecule has 16 heavy (non-hydrogen) atoms. The highest BCUT2D eigenvalue weighted by Crippen LogP contribution is 2.13. The normalized spacial score (nSPS) is 10.0. The molecule has 0 aliphatic heterocycles. The lowest BCUT2D eigenvalue weighted by atomic mass is 10.1. The van der Waals surface area contributed by atoms with Crippen LogP contribution in [0, 0.1) is 0 Å². The summed E-state index contributed by atoms with van der Waals surface area (Å²) in [5, 5.41) is 8.69. The summed E-state index contributed by atoms with van der Waals surface area (Å²) in [6.45, 7) is 0. The van der Waals surface area contributed by atoms with Gasteiger partial charge >= 0.3 is 5.97 Å². The molecule has 0 saturated heterocycles. The van der Waals surface area contributed by atoms with Gasteiger partial charge in [-0.15, -0.1) is 0 Å². The summed E-state index contributed by atoms with van der Waals surface area (Å²) in [6.07, 6.45) is 3.21. The molecule has 0 aromatic carbocycles. The molecule has 0 spiro atoms. The van der Waals surface area contributed by atoms with Crippen molar-refractivity contribution in [1.29, 1.82) is 0 Å². The van der Waals surface area contributed by atoms with Crippen molar-refractivity contribution in [2.75, 3.05) is 0 Å². The minimum absolute atomic E-state index is 0.271. The van der Waals surface area contributed by atoms with E-state index in [1.54, 1.807) is 30.6 Å². The van der Waals surface area contributed by atoms with Gasteiger partial charge in [-0.25, -0.2) is 4.79 Å². The van der Waals surface area contributed by atoms with Crippen LogP contribution in [0.2, 0.25) is 0 Å². The molecule has 2 heterocycles. The molecule has 0 aliphatic rings. The summed E-state index contributed by atoms with van der Waals surface area (Å²) in [5.74, 6) is -1.24. The summed E-state index contributed by atoms with van der Waals surface area (Å²) in [5.41, 5.74) is 0.390. The standard InChI is InChI=1S/C11H8N2O3/c14-10-8(11(15)16)3-4-9(13-10)7-2-1-5-12-6-7/h1-6H,(H,13,14)(H,15,16). The second-order valence-corrected chi connectivity index (χ2v) is 3.16. The van der Waals surface area contributed by atoms with Crippen LogP contribution >= 0.6 is 0 Å². The van der Waals surface area contributed by atoms with E-state index in [-0.39, 0.29) is 5.56 Å². The van der Waals surface area contributed by atoms with Gasteiger partial charge in [-0.05, 0) is 24.3 Å². The SMILES string of the molecule is O=C(O)c1ccc(-c2cccnc2)[nH]c1=O. The first kappa shape index (κ1) is 10.1. The molecule has 0 unspecified atom stereocenters. The van der Waals surface area contributed by atoms with Crippen LogP contribution in [0.1, 0.15) is 10.4 Å². The number of carboxylic acid groups (broad SMARTS) is 1. The number of pyridine rings is 2. The van der Waals surface area contributed by atoms with Gasteiger partial charge in [0.15, 0.2) is 0 Å². The number of H-pyrrole nitrogens is 1. The van der Waals surface area contributed by atoms with Crippen LogP contribution in [-0.4, -0.2) is 21.0 Å². The van der Waals surface area contributed by atoms with Crippen molar-refractivity contribution in [3.63, 3.8) is 0 Å². The van der Waals surface area contributed by atoms with E-state index in [1.807, 2.05) is 0 Å². The van der Waals surface area contributed by atoms with Gasteiger partial charge < -0.3 is 10.1 Å². The van der Waals surface area contributed by atoms with E-state index in [9.17, 15) is 9.59 Å². The van der Waals surface area contributed by atoms with E-state index in [0.29, 0.717) is 5.69 Å². The van der Waals surface area contributed by atoms with Gasteiger partial charge in [0.05, 0.1) is 0 Å². The lowest BCUT2D eigenvalue weighted by molar-refractivity contribution is 0.0695. The highest BCUT2D eigenvalue weighted by atomic mass is 16.4.